The van der Waals surface area contributed by atoms with Crippen molar-refractivity contribution in [1.82, 2.24) is 4.90 Å². The van der Waals surface area contributed by atoms with Crippen molar-refractivity contribution in [3.05, 3.63) is 35.4 Å². The third-order valence-electron chi connectivity index (χ3n) is 3.64. The highest BCUT2D eigenvalue weighted by atomic mass is 16.5. The van der Waals surface area contributed by atoms with Crippen molar-refractivity contribution in [1.29, 1.82) is 0 Å². The molecule has 0 aromatic heterocycles. The number of carbonyl (C=O) groups excluding carboxylic acids is 1. The monoisotopic (exact) mass is 231 g/mol. The van der Waals surface area contributed by atoms with Crippen LogP contribution in [0.3, 0.4) is 0 Å². The summed E-state index contributed by atoms with van der Waals surface area (Å²) in [5.41, 5.74) is 2.33. The number of benzene rings is 1. The quantitative estimate of drug-likeness (QED) is 0.739. The van der Waals surface area contributed by atoms with Crippen LogP contribution in [0.15, 0.2) is 24.3 Å². The molecule has 1 amide bonds. The van der Waals surface area contributed by atoms with E-state index in [1.165, 1.54) is 5.56 Å². The largest absolute Gasteiger partial charge is 0.363 e. The number of nitrogens with zero attached hydrogens (tertiary/aromatic N) is 1. The zero-order valence-electron chi connectivity index (χ0n) is 9.89. The minimum Gasteiger partial charge on any atom is -0.363 e. The van der Waals surface area contributed by atoms with Gasteiger partial charge >= 0.3 is 0 Å². The Balaban J connectivity index is 1.86. The van der Waals surface area contributed by atoms with Crippen LogP contribution in [0.5, 0.6) is 0 Å². The molecule has 3 heteroatoms. The molecule has 1 aromatic carbocycles. The molecule has 3 rings (SSSR count). The van der Waals surface area contributed by atoms with Crippen LogP contribution >= 0.6 is 0 Å². The molecule has 0 bridgehead atoms. The van der Waals surface area contributed by atoms with Crippen LogP contribution in [0.2, 0.25) is 0 Å². The van der Waals surface area contributed by atoms with Crippen LogP contribution in [0.1, 0.15) is 30.1 Å². The molecule has 1 atom stereocenters. The molecule has 1 fully saturated rings. The molecule has 0 radical (unpaired) electrons. The van der Waals surface area contributed by atoms with Crippen molar-refractivity contribution in [3.63, 3.8) is 0 Å². The van der Waals surface area contributed by atoms with Crippen LogP contribution in [0, 0.1) is 0 Å². The molecule has 0 aliphatic carbocycles. The van der Waals surface area contributed by atoms with Crippen LogP contribution in [0.4, 0.5) is 0 Å². The number of rotatable bonds is 1. The highest BCUT2D eigenvalue weighted by molar-refractivity contribution is 5.83. The average molecular weight is 231 g/mol. The first-order valence-corrected chi connectivity index (χ1v) is 6.34. The molecule has 1 aromatic rings. The lowest BCUT2D eigenvalue weighted by atomic mass is 9.97. The number of fused-ring (bicyclic) bond motifs is 1. The minimum atomic E-state index is -0.363. The van der Waals surface area contributed by atoms with E-state index in [1.807, 2.05) is 23.1 Å². The second kappa shape index (κ2) is 4.49. The summed E-state index contributed by atoms with van der Waals surface area (Å²) >= 11 is 0. The van der Waals surface area contributed by atoms with E-state index in [2.05, 4.69) is 6.07 Å². The standard InChI is InChI=1S/C14H17NO2/c16-14(15-8-3-4-9-15)13-12-6-2-1-5-11(12)7-10-17-13/h1-2,5-6,13H,3-4,7-10H2/t13-/m0/s1. The number of hydrogen-bond acceptors (Lipinski definition) is 2. The Hall–Kier alpha value is -1.35. The number of likely N-dealkylation sites (tertiary alicyclic amines) is 1. The molecule has 0 N–H and O–H groups in total. The van der Waals surface area contributed by atoms with Gasteiger partial charge in [0, 0.05) is 13.1 Å². The molecule has 0 spiro atoms. The van der Waals surface area contributed by atoms with Gasteiger partial charge in [0.15, 0.2) is 6.10 Å². The first-order chi connectivity index (χ1) is 8.36. The van der Waals surface area contributed by atoms with Gasteiger partial charge in [-0.1, -0.05) is 24.3 Å². The van der Waals surface area contributed by atoms with Gasteiger partial charge in [0.1, 0.15) is 0 Å². The summed E-state index contributed by atoms with van der Waals surface area (Å²) in [7, 11) is 0. The molecular weight excluding hydrogens is 214 g/mol. The Morgan fingerprint density at radius 2 is 2.00 bits per heavy atom. The van der Waals surface area contributed by atoms with Crippen LogP contribution in [-0.2, 0) is 16.0 Å². The van der Waals surface area contributed by atoms with Gasteiger partial charge in [0.05, 0.1) is 6.61 Å². The van der Waals surface area contributed by atoms with E-state index in [0.29, 0.717) is 6.61 Å². The average Bonchev–Trinajstić information content (AvgIpc) is 2.91. The maximum Gasteiger partial charge on any atom is 0.256 e. The molecule has 90 valence electrons. The van der Waals surface area contributed by atoms with Gasteiger partial charge < -0.3 is 9.64 Å². The molecular formula is C14H17NO2. The summed E-state index contributed by atoms with van der Waals surface area (Å²) in [6.07, 6.45) is 2.80. The SMILES string of the molecule is O=C([C@H]1OCCc2ccccc21)N1CCCC1. The number of hydrogen-bond donors (Lipinski definition) is 0. The zero-order valence-corrected chi connectivity index (χ0v) is 9.89. The fraction of sp³-hybridized carbons (Fsp3) is 0.500. The number of carbonyl (C=O) groups is 1. The fourth-order valence-electron chi connectivity index (χ4n) is 2.70. The van der Waals surface area contributed by atoms with Crippen molar-refractivity contribution in [3.8, 4) is 0 Å². The predicted molar refractivity (Wildman–Crippen MR) is 64.7 cm³/mol. The van der Waals surface area contributed by atoms with Crippen molar-refractivity contribution in [2.75, 3.05) is 19.7 Å². The molecule has 0 saturated carbocycles. The molecule has 1 saturated heterocycles. The lowest BCUT2D eigenvalue weighted by molar-refractivity contribution is -0.144. The molecule has 2 aliphatic heterocycles. The van der Waals surface area contributed by atoms with Crippen LogP contribution in [0.25, 0.3) is 0 Å². The molecule has 17 heavy (non-hydrogen) atoms. The second-order valence-electron chi connectivity index (χ2n) is 4.73. The lowest BCUT2D eigenvalue weighted by Crippen LogP contribution is -2.36. The van der Waals surface area contributed by atoms with Gasteiger partial charge in [-0.05, 0) is 30.4 Å². The van der Waals surface area contributed by atoms with Crippen molar-refractivity contribution >= 4 is 5.91 Å². The van der Waals surface area contributed by atoms with Gasteiger partial charge in [-0.3, -0.25) is 4.79 Å². The van der Waals surface area contributed by atoms with Gasteiger partial charge in [0.2, 0.25) is 0 Å². The maximum atomic E-state index is 12.4. The minimum absolute atomic E-state index is 0.148. The van der Waals surface area contributed by atoms with E-state index in [4.69, 9.17) is 4.74 Å². The Morgan fingerprint density at radius 3 is 2.82 bits per heavy atom. The van der Waals surface area contributed by atoms with E-state index in [0.717, 1.165) is 37.9 Å². The highest BCUT2D eigenvalue weighted by Gasteiger charge is 2.31. The fourth-order valence-corrected chi connectivity index (χ4v) is 2.70. The third kappa shape index (κ3) is 1.95. The summed E-state index contributed by atoms with van der Waals surface area (Å²) < 4.78 is 5.69. The van der Waals surface area contributed by atoms with Crippen molar-refractivity contribution < 1.29 is 9.53 Å². The smallest absolute Gasteiger partial charge is 0.256 e. The molecule has 2 heterocycles. The Bertz CT molecular complexity index is 424. The Kier molecular flexibility index (Phi) is 2.85. The summed E-state index contributed by atoms with van der Waals surface area (Å²) in [6, 6.07) is 8.13. The van der Waals surface area contributed by atoms with Gasteiger partial charge in [-0.25, -0.2) is 0 Å². The summed E-state index contributed by atoms with van der Waals surface area (Å²) in [6.45, 7) is 2.43. The first kappa shape index (κ1) is 10.8. The summed E-state index contributed by atoms with van der Waals surface area (Å²) in [4.78, 5) is 14.3. The van der Waals surface area contributed by atoms with Gasteiger partial charge in [-0.15, -0.1) is 0 Å². The zero-order chi connectivity index (χ0) is 11.7. The first-order valence-electron chi connectivity index (χ1n) is 6.34. The van der Waals surface area contributed by atoms with Crippen LogP contribution in [-0.4, -0.2) is 30.5 Å². The summed E-state index contributed by atoms with van der Waals surface area (Å²) in [5, 5.41) is 0. The predicted octanol–water partition coefficient (Wildman–Crippen LogP) is 1.92. The van der Waals surface area contributed by atoms with E-state index in [9.17, 15) is 4.79 Å². The molecule has 0 unspecified atom stereocenters. The van der Waals surface area contributed by atoms with E-state index in [1.54, 1.807) is 0 Å². The normalized spacial score (nSPS) is 23.5. The van der Waals surface area contributed by atoms with E-state index >= 15 is 0 Å². The van der Waals surface area contributed by atoms with Crippen LogP contribution < -0.4 is 0 Å². The van der Waals surface area contributed by atoms with Gasteiger partial charge in [0.25, 0.3) is 5.91 Å². The third-order valence-corrected chi connectivity index (χ3v) is 3.64. The Labute approximate surface area is 101 Å². The maximum absolute atomic E-state index is 12.4. The lowest BCUT2D eigenvalue weighted by Gasteiger charge is -2.28. The van der Waals surface area contributed by atoms with Crippen molar-refractivity contribution in [2.45, 2.75) is 25.4 Å². The van der Waals surface area contributed by atoms with E-state index < -0.39 is 0 Å². The topological polar surface area (TPSA) is 29.5 Å². The van der Waals surface area contributed by atoms with Crippen molar-refractivity contribution in [2.24, 2.45) is 0 Å². The number of amides is 1. The molecule has 2 aliphatic rings. The second-order valence-corrected chi connectivity index (χ2v) is 4.73. The molecule has 3 nitrogen and oxygen atoms in total. The summed E-state index contributed by atoms with van der Waals surface area (Å²) in [5.74, 6) is 0.148. The number of ether oxygens (including phenoxy) is 1. The van der Waals surface area contributed by atoms with E-state index in [-0.39, 0.29) is 12.0 Å². The highest BCUT2D eigenvalue weighted by Crippen LogP contribution is 2.29. The Morgan fingerprint density at radius 1 is 1.24 bits per heavy atom. The van der Waals surface area contributed by atoms with Gasteiger partial charge in [-0.2, -0.15) is 0 Å².